The fourth-order valence-corrected chi connectivity index (χ4v) is 6.46. The van der Waals surface area contributed by atoms with E-state index in [2.05, 4.69) is 16.3 Å². The molecule has 0 aliphatic carbocycles. The number of sulfonamides is 1. The fourth-order valence-electron chi connectivity index (χ4n) is 5.03. The maximum Gasteiger partial charge on any atom is 0.246 e. The molecule has 0 radical (unpaired) electrons. The maximum absolute atomic E-state index is 13.3. The number of piperidine rings is 1. The zero-order valence-corrected chi connectivity index (χ0v) is 20.2. The van der Waals surface area contributed by atoms with Crippen molar-refractivity contribution < 1.29 is 17.9 Å². The standard InChI is InChI=1S/C25H32N4O4S/c30-25(29-13-10-20-6-2-3-7-23(20)29)19-26-22-18-21(34(31,32)28-14-16-33-17-15-28)8-9-24(22)27-11-4-1-5-12-27/h2-3,6-9,18,26H,1,4-5,10-17,19H2. The predicted molar refractivity (Wildman–Crippen MR) is 133 cm³/mol. The Bertz CT molecular complexity index is 1140. The molecule has 0 saturated carbocycles. The molecule has 9 heteroatoms. The van der Waals surface area contributed by atoms with Crippen LogP contribution in [-0.4, -0.2) is 71.1 Å². The summed E-state index contributed by atoms with van der Waals surface area (Å²) in [5, 5.41) is 3.29. The highest BCUT2D eigenvalue weighted by Crippen LogP contribution is 2.33. The minimum Gasteiger partial charge on any atom is -0.379 e. The molecule has 0 bridgehead atoms. The van der Waals surface area contributed by atoms with Gasteiger partial charge < -0.3 is 19.9 Å². The molecule has 182 valence electrons. The lowest BCUT2D eigenvalue weighted by molar-refractivity contribution is -0.116. The summed E-state index contributed by atoms with van der Waals surface area (Å²) in [7, 11) is -3.63. The summed E-state index contributed by atoms with van der Waals surface area (Å²) in [5.74, 6) is -0.0176. The van der Waals surface area contributed by atoms with Crippen LogP contribution in [0.4, 0.5) is 17.1 Å². The molecule has 2 aromatic carbocycles. The summed E-state index contributed by atoms with van der Waals surface area (Å²) in [4.78, 5) is 17.5. The van der Waals surface area contributed by atoms with Crippen LogP contribution in [0.25, 0.3) is 0 Å². The van der Waals surface area contributed by atoms with Crippen LogP contribution in [0.2, 0.25) is 0 Å². The van der Waals surface area contributed by atoms with Crippen LogP contribution in [0.15, 0.2) is 47.4 Å². The van der Waals surface area contributed by atoms with Crippen LogP contribution in [0.5, 0.6) is 0 Å². The largest absolute Gasteiger partial charge is 0.379 e. The Morgan fingerprint density at radius 2 is 1.68 bits per heavy atom. The predicted octanol–water partition coefficient (Wildman–Crippen LogP) is 2.70. The van der Waals surface area contributed by atoms with Gasteiger partial charge in [-0.2, -0.15) is 4.31 Å². The first-order valence-corrected chi connectivity index (χ1v) is 13.6. The zero-order chi connectivity index (χ0) is 23.5. The number of nitrogens with one attached hydrogen (secondary N) is 1. The number of para-hydroxylation sites is 1. The second-order valence-electron chi connectivity index (χ2n) is 9.02. The number of ether oxygens (including phenoxy) is 1. The van der Waals surface area contributed by atoms with Crippen molar-refractivity contribution in [1.29, 1.82) is 0 Å². The van der Waals surface area contributed by atoms with Crippen molar-refractivity contribution in [3.63, 3.8) is 0 Å². The third-order valence-electron chi connectivity index (χ3n) is 6.89. The minimum atomic E-state index is -3.63. The zero-order valence-electron chi connectivity index (χ0n) is 19.4. The van der Waals surface area contributed by atoms with Crippen molar-refractivity contribution in [2.24, 2.45) is 0 Å². The molecule has 2 saturated heterocycles. The number of carbonyl (C=O) groups excluding carboxylic acids is 1. The number of nitrogens with zero attached hydrogens (tertiary/aromatic N) is 3. The van der Waals surface area contributed by atoms with Crippen molar-refractivity contribution in [2.75, 3.05) is 67.6 Å². The number of morpholine rings is 1. The average molecular weight is 485 g/mol. The SMILES string of the molecule is O=C(CNc1cc(S(=O)(=O)N2CCOCC2)ccc1N1CCCCC1)N1CCc2ccccc21. The van der Waals surface area contributed by atoms with Crippen molar-refractivity contribution in [3.8, 4) is 0 Å². The Hall–Kier alpha value is -2.62. The minimum absolute atomic E-state index is 0.0176. The van der Waals surface area contributed by atoms with E-state index in [-0.39, 0.29) is 17.3 Å². The van der Waals surface area contributed by atoms with E-state index < -0.39 is 10.0 Å². The van der Waals surface area contributed by atoms with Crippen molar-refractivity contribution in [3.05, 3.63) is 48.0 Å². The van der Waals surface area contributed by atoms with E-state index in [4.69, 9.17) is 4.74 Å². The van der Waals surface area contributed by atoms with E-state index in [1.54, 1.807) is 12.1 Å². The van der Waals surface area contributed by atoms with E-state index >= 15 is 0 Å². The molecule has 2 aromatic rings. The Morgan fingerprint density at radius 3 is 2.47 bits per heavy atom. The Balaban J connectivity index is 1.39. The number of fused-ring (bicyclic) bond motifs is 1. The molecule has 1 amide bonds. The van der Waals surface area contributed by atoms with Crippen LogP contribution in [-0.2, 0) is 26.0 Å². The Kier molecular flexibility index (Phi) is 6.76. The van der Waals surface area contributed by atoms with Gasteiger partial charge in [0.2, 0.25) is 15.9 Å². The van der Waals surface area contributed by atoms with Gasteiger partial charge in [-0.1, -0.05) is 18.2 Å². The van der Waals surface area contributed by atoms with Crippen molar-refractivity contribution in [2.45, 2.75) is 30.6 Å². The quantitative estimate of drug-likeness (QED) is 0.679. The first-order valence-electron chi connectivity index (χ1n) is 12.1. The van der Waals surface area contributed by atoms with Crippen LogP contribution in [0.3, 0.4) is 0 Å². The highest BCUT2D eigenvalue weighted by Gasteiger charge is 2.28. The topological polar surface area (TPSA) is 82.2 Å². The molecule has 1 N–H and O–H groups in total. The van der Waals surface area contributed by atoms with Crippen molar-refractivity contribution in [1.82, 2.24) is 4.31 Å². The number of hydrogen-bond acceptors (Lipinski definition) is 6. The van der Waals surface area contributed by atoms with Crippen molar-refractivity contribution >= 4 is 33.0 Å². The average Bonchev–Trinajstić information content (AvgIpc) is 3.32. The highest BCUT2D eigenvalue weighted by atomic mass is 32.2. The summed E-state index contributed by atoms with van der Waals surface area (Å²) in [6, 6.07) is 13.3. The Morgan fingerprint density at radius 1 is 0.912 bits per heavy atom. The van der Waals surface area contributed by atoms with E-state index in [0.717, 1.165) is 43.7 Å². The molecule has 0 atom stereocenters. The number of carbonyl (C=O) groups is 1. The molecule has 3 heterocycles. The number of benzene rings is 2. The molecular formula is C25H32N4O4S. The first-order chi connectivity index (χ1) is 16.5. The van der Waals surface area contributed by atoms with Crippen LogP contribution < -0.4 is 15.1 Å². The number of anilines is 3. The highest BCUT2D eigenvalue weighted by molar-refractivity contribution is 7.89. The lowest BCUT2D eigenvalue weighted by Gasteiger charge is -2.32. The summed E-state index contributed by atoms with van der Waals surface area (Å²) in [5.41, 5.74) is 3.80. The summed E-state index contributed by atoms with van der Waals surface area (Å²) in [6.07, 6.45) is 4.28. The monoisotopic (exact) mass is 484 g/mol. The second kappa shape index (κ2) is 9.93. The van der Waals surface area contributed by atoms with Crippen LogP contribution in [0.1, 0.15) is 24.8 Å². The molecule has 3 aliphatic heterocycles. The Labute approximate surface area is 201 Å². The summed E-state index contributed by atoms with van der Waals surface area (Å²) in [6.45, 7) is 4.15. The van der Waals surface area contributed by atoms with Gasteiger partial charge in [0.15, 0.2) is 0 Å². The van der Waals surface area contributed by atoms with E-state index in [1.807, 2.05) is 29.2 Å². The first kappa shape index (κ1) is 23.1. The van der Waals surface area contributed by atoms with Gasteiger partial charge >= 0.3 is 0 Å². The molecular weight excluding hydrogens is 452 g/mol. The third kappa shape index (κ3) is 4.64. The van der Waals surface area contributed by atoms with Crippen LogP contribution >= 0.6 is 0 Å². The number of hydrogen-bond donors (Lipinski definition) is 1. The van der Waals surface area contributed by atoms with Gasteiger partial charge in [-0.05, 0) is 55.5 Å². The molecule has 8 nitrogen and oxygen atoms in total. The summed E-state index contributed by atoms with van der Waals surface area (Å²) >= 11 is 0. The van der Waals surface area contributed by atoms with Gasteiger partial charge in [-0.3, -0.25) is 4.79 Å². The number of rotatable bonds is 6. The van der Waals surface area contributed by atoms with Gasteiger partial charge in [-0.25, -0.2) is 8.42 Å². The molecule has 3 aliphatic rings. The molecule has 0 spiro atoms. The van der Waals surface area contributed by atoms with Gasteiger partial charge in [0.05, 0.1) is 36.0 Å². The molecule has 2 fully saturated rings. The fraction of sp³-hybridized carbons (Fsp3) is 0.480. The smallest absolute Gasteiger partial charge is 0.246 e. The molecule has 0 unspecified atom stereocenters. The van der Waals surface area contributed by atoms with Crippen LogP contribution in [0, 0.1) is 0 Å². The van der Waals surface area contributed by atoms with Gasteiger partial charge in [-0.15, -0.1) is 0 Å². The van der Waals surface area contributed by atoms with Gasteiger partial charge in [0, 0.05) is 38.4 Å². The second-order valence-corrected chi connectivity index (χ2v) is 11.0. The molecule has 0 aromatic heterocycles. The maximum atomic E-state index is 13.3. The lowest BCUT2D eigenvalue weighted by atomic mass is 10.1. The molecule has 34 heavy (non-hydrogen) atoms. The molecule has 5 rings (SSSR count). The van der Waals surface area contributed by atoms with E-state index in [0.29, 0.717) is 38.5 Å². The normalized spacial score (nSPS) is 19.2. The third-order valence-corrected chi connectivity index (χ3v) is 8.79. The number of amides is 1. The van der Waals surface area contributed by atoms with E-state index in [1.165, 1.54) is 16.3 Å². The lowest BCUT2D eigenvalue weighted by Crippen LogP contribution is -2.40. The van der Waals surface area contributed by atoms with Gasteiger partial charge in [0.1, 0.15) is 0 Å². The van der Waals surface area contributed by atoms with Gasteiger partial charge in [0.25, 0.3) is 0 Å². The summed E-state index contributed by atoms with van der Waals surface area (Å²) < 4.78 is 33.3. The van der Waals surface area contributed by atoms with E-state index in [9.17, 15) is 13.2 Å².